The van der Waals surface area contributed by atoms with Crippen LogP contribution in [0.25, 0.3) is 0 Å². The first kappa shape index (κ1) is 13.7. The zero-order valence-corrected chi connectivity index (χ0v) is 11.0. The van der Waals surface area contributed by atoms with Gasteiger partial charge < -0.3 is 14.4 Å². The van der Waals surface area contributed by atoms with Crippen molar-refractivity contribution in [2.45, 2.75) is 25.9 Å². The lowest BCUT2D eigenvalue weighted by molar-refractivity contribution is 0.0833. The molecule has 0 radical (unpaired) electrons. The number of aromatic nitrogens is 2. The van der Waals surface area contributed by atoms with Crippen LogP contribution in [0.15, 0.2) is 34.9 Å². The van der Waals surface area contributed by atoms with Gasteiger partial charge in [0.1, 0.15) is 6.10 Å². The highest BCUT2D eigenvalue weighted by atomic mass is 16.5. The number of ether oxygens (including phenoxy) is 1. The van der Waals surface area contributed by atoms with Gasteiger partial charge in [0.2, 0.25) is 11.7 Å². The Morgan fingerprint density at radius 1 is 1.32 bits per heavy atom. The number of hydrogen-bond donors (Lipinski definition) is 1. The molecule has 2 rings (SSSR count). The van der Waals surface area contributed by atoms with Crippen molar-refractivity contribution in [3.63, 3.8) is 0 Å². The first-order valence-electron chi connectivity index (χ1n) is 6.45. The van der Waals surface area contributed by atoms with Crippen LogP contribution in [-0.4, -0.2) is 28.5 Å². The lowest BCUT2D eigenvalue weighted by atomic mass is 10.1. The van der Waals surface area contributed by atoms with Gasteiger partial charge in [-0.15, -0.1) is 0 Å². The molecule has 0 saturated carbocycles. The van der Waals surface area contributed by atoms with Crippen LogP contribution in [0.2, 0.25) is 0 Å². The average molecular weight is 262 g/mol. The first-order chi connectivity index (χ1) is 9.35. The van der Waals surface area contributed by atoms with Crippen molar-refractivity contribution in [2.24, 2.45) is 0 Å². The van der Waals surface area contributed by atoms with E-state index in [0.717, 1.165) is 5.56 Å². The summed E-state index contributed by atoms with van der Waals surface area (Å²) in [6.07, 6.45) is 0.890. The third-order valence-electron chi connectivity index (χ3n) is 2.70. The molecule has 5 nitrogen and oxygen atoms in total. The standard InChI is InChI=1S/C14H18N2O3/c1-2-18-13(11-7-4-3-5-8-11)14-15-12(19-16-14)9-6-10-17/h3-5,7-8,13,17H,2,6,9-10H2,1H3. The Balaban J connectivity index is 2.17. The molecule has 5 heteroatoms. The van der Waals surface area contributed by atoms with Crippen LogP contribution >= 0.6 is 0 Å². The van der Waals surface area contributed by atoms with E-state index in [1.165, 1.54) is 0 Å². The summed E-state index contributed by atoms with van der Waals surface area (Å²) in [6, 6.07) is 9.81. The van der Waals surface area contributed by atoms with Gasteiger partial charge in [0.25, 0.3) is 0 Å². The quantitative estimate of drug-likeness (QED) is 0.827. The summed E-state index contributed by atoms with van der Waals surface area (Å²) in [7, 11) is 0. The fraction of sp³-hybridized carbons (Fsp3) is 0.429. The van der Waals surface area contributed by atoms with Gasteiger partial charge >= 0.3 is 0 Å². The topological polar surface area (TPSA) is 68.4 Å². The van der Waals surface area contributed by atoms with E-state index < -0.39 is 0 Å². The molecule has 0 saturated heterocycles. The number of rotatable bonds is 7. The van der Waals surface area contributed by atoms with E-state index in [1.807, 2.05) is 37.3 Å². The zero-order valence-electron chi connectivity index (χ0n) is 11.0. The molecule has 19 heavy (non-hydrogen) atoms. The maximum absolute atomic E-state index is 8.79. The molecular weight excluding hydrogens is 244 g/mol. The Labute approximate surface area is 112 Å². The summed E-state index contributed by atoms with van der Waals surface area (Å²) in [5.41, 5.74) is 0.999. The van der Waals surface area contributed by atoms with E-state index >= 15 is 0 Å². The molecule has 1 atom stereocenters. The summed E-state index contributed by atoms with van der Waals surface area (Å²) in [4.78, 5) is 4.33. The van der Waals surface area contributed by atoms with Gasteiger partial charge in [-0.1, -0.05) is 35.5 Å². The Morgan fingerprint density at radius 3 is 2.79 bits per heavy atom. The highest BCUT2D eigenvalue weighted by Crippen LogP contribution is 2.23. The third-order valence-corrected chi connectivity index (χ3v) is 2.70. The predicted molar refractivity (Wildman–Crippen MR) is 69.6 cm³/mol. The van der Waals surface area contributed by atoms with Gasteiger partial charge in [0, 0.05) is 19.6 Å². The molecule has 0 bridgehead atoms. The molecule has 1 aromatic carbocycles. The van der Waals surface area contributed by atoms with Crippen LogP contribution in [0.1, 0.15) is 36.7 Å². The summed E-state index contributed by atoms with van der Waals surface area (Å²) >= 11 is 0. The normalized spacial score (nSPS) is 12.5. The van der Waals surface area contributed by atoms with Gasteiger partial charge in [-0.05, 0) is 18.9 Å². The Bertz CT molecular complexity index is 484. The van der Waals surface area contributed by atoms with Crippen molar-refractivity contribution < 1.29 is 14.4 Å². The first-order valence-corrected chi connectivity index (χ1v) is 6.45. The van der Waals surface area contributed by atoms with Crippen LogP contribution < -0.4 is 0 Å². The number of aliphatic hydroxyl groups excluding tert-OH is 1. The predicted octanol–water partition coefficient (Wildman–Crippen LogP) is 2.12. The molecule has 1 N–H and O–H groups in total. The van der Waals surface area contributed by atoms with Gasteiger partial charge in [-0.2, -0.15) is 4.98 Å². The lowest BCUT2D eigenvalue weighted by Gasteiger charge is -2.13. The fourth-order valence-electron chi connectivity index (χ4n) is 1.82. The number of benzene rings is 1. The second kappa shape index (κ2) is 7.01. The molecule has 1 unspecified atom stereocenters. The molecule has 102 valence electrons. The Morgan fingerprint density at radius 2 is 2.11 bits per heavy atom. The maximum Gasteiger partial charge on any atom is 0.226 e. The summed E-state index contributed by atoms with van der Waals surface area (Å²) in [6.45, 7) is 2.62. The summed E-state index contributed by atoms with van der Waals surface area (Å²) in [5.74, 6) is 1.06. The van der Waals surface area contributed by atoms with Gasteiger partial charge in [0.15, 0.2) is 0 Å². The summed E-state index contributed by atoms with van der Waals surface area (Å²) in [5, 5.41) is 12.8. The number of aryl methyl sites for hydroxylation is 1. The molecule has 0 fully saturated rings. The highest BCUT2D eigenvalue weighted by molar-refractivity contribution is 5.22. The van der Waals surface area contributed by atoms with Crippen molar-refractivity contribution >= 4 is 0 Å². The third kappa shape index (κ3) is 3.62. The van der Waals surface area contributed by atoms with E-state index in [2.05, 4.69) is 10.1 Å². The smallest absolute Gasteiger partial charge is 0.226 e. The van der Waals surface area contributed by atoms with Crippen molar-refractivity contribution in [1.82, 2.24) is 10.1 Å². The second-order valence-electron chi connectivity index (χ2n) is 4.12. The van der Waals surface area contributed by atoms with Crippen molar-refractivity contribution in [1.29, 1.82) is 0 Å². The van der Waals surface area contributed by atoms with Crippen LogP contribution in [-0.2, 0) is 11.2 Å². The SMILES string of the molecule is CCOC(c1ccccc1)c1noc(CCCO)n1. The minimum absolute atomic E-state index is 0.116. The molecule has 0 aliphatic rings. The van der Waals surface area contributed by atoms with E-state index in [-0.39, 0.29) is 12.7 Å². The fourth-order valence-corrected chi connectivity index (χ4v) is 1.82. The minimum atomic E-state index is -0.308. The minimum Gasteiger partial charge on any atom is -0.396 e. The molecule has 1 heterocycles. The van der Waals surface area contributed by atoms with E-state index in [0.29, 0.717) is 31.2 Å². The van der Waals surface area contributed by atoms with Crippen LogP contribution in [0.5, 0.6) is 0 Å². The number of aliphatic hydroxyl groups is 1. The molecule has 0 spiro atoms. The molecule has 1 aromatic heterocycles. The second-order valence-corrected chi connectivity index (χ2v) is 4.12. The largest absolute Gasteiger partial charge is 0.396 e. The van der Waals surface area contributed by atoms with Crippen LogP contribution in [0.3, 0.4) is 0 Å². The highest BCUT2D eigenvalue weighted by Gasteiger charge is 2.20. The summed E-state index contributed by atoms with van der Waals surface area (Å²) < 4.78 is 10.9. The molecule has 0 aliphatic carbocycles. The van der Waals surface area contributed by atoms with Crippen LogP contribution in [0.4, 0.5) is 0 Å². The van der Waals surface area contributed by atoms with E-state index in [4.69, 9.17) is 14.4 Å². The van der Waals surface area contributed by atoms with Crippen LogP contribution in [0, 0.1) is 0 Å². The Hall–Kier alpha value is -1.72. The van der Waals surface area contributed by atoms with Crippen molar-refractivity contribution in [2.75, 3.05) is 13.2 Å². The number of hydrogen-bond acceptors (Lipinski definition) is 5. The van der Waals surface area contributed by atoms with Gasteiger partial charge in [0.05, 0.1) is 0 Å². The molecule has 0 amide bonds. The molecule has 2 aromatic rings. The van der Waals surface area contributed by atoms with Crippen molar-refractivity contribution in [3.8, 4) is 0 Å². The Kier molecular flexibility index (Phi) is 5.06. The van der Waals surface area contributed by atoms with E-state index in [9.17, 15) is 0 Å². The molecular formula is C14H18N2O3. The average Bonchev–Trinajstić information content (AvgIpc) is 2.92. The number of nitrogens with zero attached hydrogens (tertiary/aromatic N) is 2. The van der Waals surface area contributed by atoms with E-state index in [1.54, 1.807) is 0 Å². The van der Waals surface area contributed by atoms with Gasteiger partial charge in [-0.3, -0.25) is 0 Å². The van der Waals surface area contributed by atoms with Crippen molar-refractivity contribution in [3.05, 3.63) is 47.6 Å². The zero-order chi connectivity index (χ0) is 13.5. The lowest BCUT2D eigenvalue weighted by Crippen LogP contribution is -2.08. The van der Waals surface area contributed by atoms with Gasteiger partial charge in [-0.25, -0.2) is 0 Å². The monoisotopic (exact) mass is 262 g/mol. The molecule has 0 aliphatic heterocycles. The maximum atomic E-state index is 8.79.